The highest BCUT2D eigenvalue weighted by Gasteiger charge is 2.35. The molecule has 8 nitrogen and oxygen atoms in total. The van der Waals surface area contributed by atoms with Crippen LogP contribution in [0, 0.1) is 6.92 Å². The highest BCUT2D eigenvalue weighted by molar-refractivity contribution is 9.10. The molecule has 0 aliphatic heterocycles. The van der Waals surface area contributed by atoms with Gasteiger partial charge in [0.15, 0.2) is 0 Å². The molecular formula is C34H36BrN3O5S. The zero-order valence-electron chi connectivity index (χ0n) is 24.9. The fourth-order valence-electron chi connectivity index (χ4n) is 4.84. The molecule has 0 bridgehead atoms. The van der Waals surface area contributed by atoms with Gasteiger partial charge in [-0.3, -0.25) is 13.9 Å². The van der Waals surface area contributed by atoms with Crippen LogP contribution in [0.5, 0.6) is 5.75 Å². The van der Waals surface area contributed by atoms with Crippen molar-refractivity contribution in [1.82, 2.24) is 10.2 Å². The van der Waals surface area contributed by atoms with Gasteiger partial charge < -0.3 is 15.0 Å². The minimum atomic E-state index is -4.23. The number of anilines is 1. The number of hydrogen-bond donors (Lipinski definition) is 1. The number of nitrogens with one attached hydrogen (secondary N) is 1. The van der Waals surface area contributed by atoms with Gasteiger partial charge in [0.25, 0.3) is 10.0 Å². The first kappa shape index (κ1) is 32.8. The lowest BCUT2D eigenvalue weighted by molar-refractivity contribution is -0.139. The van der Waals surface area contributed by atoms with Crippen LogP contribution in [0.3, 0.4) is 0 Å². The van der Waals surface area contributed by atoms with Crippen LogP contribution in [0.25, 0.3) is 0 Å². The molecule has 2 amide bonds. The highest BCUT2D eigenvalue weighted by Crippen LogP contribution is 2.33. The van der Waals surface area contributed by atoms with Gasteiger partial charge in [0.1, 0.15) is 18.3 Å². The van der Waals surface area contributed by atoms with Crippen LogP contribution in [-0.4, -0.2) is 51.4 Å². The van der Waals surface area contributed by atoms with Gasteiger partial charge in [0.2, 0.25) is 11.8 Å². The maximum absolute atomic E-state index is 14.5. The van der Waals surface area contributed by atoms with E-state index in [-0.39, 0.29) is 29.5 Å². The Bertz CT molecular complexity index is 1680. The fourth-order valence-corrected chi connectivity index (χ4v) is 6.72. The zero-order chi connectivity index (χ0) is 31.7. The average molecular weight is 679 g/mol. The highest BCUT2D eigenvalue weighted by atomic mass is 79.9. The van der Waals surface area contributed by atoms with E-state index in [9.17, 15) is 18.0 Å². The van der Waals surface area contributed by atoms with Crippen molar-refractivity contribution in [3.05, 3.63) is 124 Å². The quantitative estimate of drug-likeness (QED) is 0.195. The molecule has 0 heterocycles. The van der Waals surface area contributed by atoms with Gasteiger partial charge in [-0.1, -0.05) is 88.2 Å². The molecule has 0 unspecified atom stereocenters. The number of amides is 2. The smallest absolute Gasteiger partial charge is 0.264 e. The number of sulfonamides is 1. The number of para-hydroxylation sites is 2. The summed E-state index contributed by atoms with van der Waals surface area (Å²) in [6, 6.07) is 29.1. The monoisotopic (exact) mass is 677 g/mol. The summed E-state index contributed by atoms with van der Waals surface area (Å²) in [5.41, 5.74) is 2.76. The Labute approximate surface area is 267 Å². The van der Waals surface area contributed by atoms with E-state index < -0.39 is 28.5 Å². The topological polar surface area (TPSA) is 96.0 Å². The molecule has 0 aliphatic carbocycles. The second-order valence-corrected chi connectivity index (χ2v) is 13.0. The minimum Gasteiger partial charge on any atom is -0.492 e. The third kappa shape index (κ3) is 8.06. The fraction of sp³-hybridized carbons (Fsp3) is 0.235. The zero-order valence-corrected chi connectivity index (χ0v) is 27.3. The number of carbonyl (C=O) groups excluding carboxylic acids is 2. The third-order valence-electron chi connectivity index (χ3n) is 7.08. The van der Waals surface area contributed by atoms with Gasteiger partial charge in [0.05, 0.1) is 17.2 Å². The van der Waals surface area contributed by atoms with E-state index in [1.54, 1.807) is 43.3 Å². The second kappa shape index (κ2) is 15.0. The van der Waals surface area contributed by atoms with Gasteiger partial charge >= 0.3 is 0 Å². The molecule has 0 spiro atoms. The summed E-state index contributed by atoms with van der Waals surface area (Å²) in [5, 5.41) is 2.70. The van der Waals surface area contributed by atoms with Gasteiger partial charge in [-0.25, -0.2) is 8.42 Å². The van der Waals surface area contributed by atoms with Crippen molar-refractivity contribution in [2.24, 2.45) is 0 Å². The van der Waals surface area contributed by atoms with Crippen LogP contribution in [0.4, 0.5) is 5.69 Å². The molecule has 1 atom stereocenters. The van der Waals surface area contributed by atoms with E-state index in [1.165, 1.54) is 24.1 Å². The molecule has 4 aromatic carbocycles. The SMILES string of the molecule is CCOc1ccccc1N(CC(=O)N(Cc1cccc(Br)c1)[C@H](Cc1ccccc1)C(=O)NC)S(=O)(=O)c1ccc(C)cc1. The van der Waals surface area contributed by atoms with Gasteiger partial charge in [-0.05, 0) is 61.4 Å². The molecule has 0 saturated carbocycles. The number of carbonyl (C=O) groups is 2. The Morgan fingerprint density at radius 3 is 2.20 bits per heavy atom. The van der Waals surface area contributed by atoms with Crippen molar-refractivity contribution >= 4 is 43.5 Å². The van der Waals surface area contributed by atoms with E-state index in [2.05, 4.69) is 21.2 Å². The van der Waals surface area contributed by atoms with E-state index in [1.807, 2.05) is 61.5 Å². The predicted octanol–water partition coefficient (Wildman–Crippen LogP) is 5.74. The molecule has 0 aliphatic rings. The lowest BCUT2D eigenvalue weighted by Gasteiger charge is -2.34. The van der Waals surface area contributed by atoms with Crippen molar-refractivity contribution in [3.63, 3.8) is 0 Å². The van der Waals surface area contributed by atoms with E-state index >= 15 is 0 Å². The maximum Gasteiger partial charge on any atom is 0.264 e. The number of likely N-dealkylation sites (N-methyl/N-ethyl adjacent to an activating group) is 1. The number of rotatable bonds is 13. The van der Waals surface area contributed by atoms with Crippen LogP contribution in [0.1, 0.15) is 23.6 Å². The molecule has 4 aromatic rings. The van der Waals surface area contributed by atoms with Crippen molar-refractivity contribution in [2.45, 2.75) is 37.8 Å². The first-order chi connectivity index (χ1) is 21.1. The Kier molecular flexibility index (Phi) is 11.2. The predicted molar refractivity (Wildman–Crippen MR) is 176 cm³/mol. The summed E-state index contributed by atoms with van der Waals surface area (Å²) < 4.78 is 36.1. The minimum absolute atomic E-state index is 0.0351. The van der Waals surface area contributed by atoms with Crippen LogP contribution in [0.2, 0.25) is 0 Å². The maximum atomic E-state index is 14.5. The summed E-state index contributed by atoms with van der Waals surface area (Å²) in [6.45, 7) is 3.49. The Morgan fingerprint density at radius 1 is 0.886 bits per heavy atom. The summed E-state index contributed by atoms with van der Waals surface area (Å²) >= 11 is 3.49. The Hall–Kier alpha value is -4.15. The Balaban J connectivity index is 1.82. The second-order valence-electron chi connectivity index (χ2n) is 10.2. The summed E-state index contributed by atoms with van der Waals surface area (Å²) in [7, 11) is -2.71. The molecular weight excluding hydrogens is 642 g/mol. The van der Waals surface area contributed by atoms with Crippen LogP contribution in [0.15, 0.2) is 112 Å². The van der Waals surface area contributed by atoms with E-state index in [4.69, 9.17) is 4.74 Å². The summed E-state index contributed by atoms with van der Waals surface area (Å²) in [5.74, 6) is -0.583. The third-order valence-corrected chi connectivity index (χ3v) is 9.35. The standard InChI is InChI=1S/C34H36BrN3O5S/c1-4-43-32-16-9-8-15-30(32)38(44(41,42)29-19-17-25(2)18-20-29)24-33(39)37(23-27-13-10-14-28(35)21-27)31(34(40)36-3)22-26-11-6-5-7-12-26/h5-21,31H,4,22-24H2,1-3H3,(H,36,40)/t31-/m1/s1. The number of aryl methyl sites for hydroxylation is 1. The van der Waals surface area contributed by atoms with Crippen molar-refractivity contribution in [3.8, 4) is 5.75 Å². The first-order valence-electron chi connectivity index (χ1n) is 14.2. The number of hydrogen-bond acceptors (Lipinski definition) is 5. The molecule has 0 aromatic heterocycles. The number of nitrogens with zero attached hydrogens (tertiary/aromatic N) is 2. The Morgan fingerprint density at radius 2 is 1.55 bits per heavy atom. The van der Waals surface area contributed by atoms with Crippen LogP contribution < -0.4 is 14.4 Å². The van der Waals surface area contributed by atoms with Crippen LogP contribution in [-0.2, 0) is 32.6 Å². The number of ether oxygens (including phenoxy) is 1. The molecule has 0 fully saturated rings. The van der Waals surface area contributed by atoms with Crippen molar-refractivity contribution < 1.29 is 22.7 Å². The van der Waals surface area contributed by atoms with Crippen molar-refractivity contribution in [1.29, 1.82) is 0 Å². The molecule has 1 N–H and O–H groups in total. The first-order valence-corrected chi connectivity index (χ1v) is 16.5. The molecule has 0 radical (unpaired) electrons. The molecule has 0 saturated heterocycles. The van der Waals surface area contributed by atoms with Gasteiger partial charge in [-0.2, -0.15) is 0 Å². The number of benzene rings is 4. The normalized spacial score (nSPS) is 11.8. The number of halogens is 1. The van der Waals surface area contributed by atoms with E-state index in [0.717, 1.165) is 25.5 Å². The van der Waals surface area contributed by atoms with Gasteiger partial charge in [-0.15, -0.1) is 0 Å². The van der Waals surface area contributed by atoms with E-state index in [0.29, 0.717) is 12.4 Å². The van der Waals surface area contributed by atoms with Gasteiger partial charge in [0, 0.05) is 24.5 Å². The average Bonchev–Trinajstić information content (AvgIpc) is 3.02. The van der Waals surface area contributed by atoms with Crippen molar-refractivity contribution in [2.75, 3.05) is 24.5 Å². The molecule has 10 heteroatoms. The molecule has 4 rings (SSSR count). The van der Waals surface area contributed by atoms with Crippen LogP contribution >= 0.6 is 15.9 Å². The lowest BCUT2D eigenvalue weighted by atomic mass is 10.0. The lowest BCUT2D eigenvalue weighted by Crippen LogP contribution is -2.53. The largest absolute Gasteiger partial charge is 0.492 e. The summed E-state index contributed by atoms with van der Waals surface area (Å²) in [6.07, 6.45) is 0.237. The molecule has 44 heavy (non-hydrogen) atoms. The molecule has 230 valence electrons. The summed E-state index contributed by atoms with van der Waals surface area (Å²) in [4.78, 5) is 29.3.